The van der Waals surface area contributed by atoms with Crippen LogP contribution in [0, 0.1) is 0 Å². The molecule has 1 aliphatic heterocycles. The van der Waals surface area contributed by atoms with Gasteiger partial charge in [0, 0.05) is 0 Å². The van der Waals surface area contributed by atoms with Gasteiger partial charge < -0.3 is 25.4 Å². The van der Waals surface area contributed by atoms with E-state index in [4.69, 9.17) is 4.74 Å². The zero-order valence-electron chi connectivity index (χ0n) is 16.1. The highest BCUT2D eigenvalue weighted by atomic mass is 16.6. The summed E-state index contributed by atoms with van der Waals surface area (Å²) in [5.74, 6) is 0.586. The van der Waals surface area contributed by atoms with Crippen LogP contribution in [0.3, 0.4) is 0 Å². The van der Waals surface area contributed by atoms with Crippen molar-refractivity contribution in [1.82, 2.24) is 19.5 Å². The molecule has 4 N–H and O–H groups in total. The van der Waals surface area contributed by atoms with E-state index in [1.165, 1.54) is 12.7 Å². The number of aromatic nitrogens is 4. The second-order valence-corrected chi connectivity index (χ2v) is 7.17. The Kier molecular flexibility index (Phi) is 5.72. The number of anilines is 1. The van der Waals surface area contributed by atoms with Gasteiger partial charge in [0.2, 0.25) is 0 Å². The van der Waals surface area contributed by atoms with E-state index in [-0.39, 0.29) is 12.6 Å². The summed E-state index contributed by atoms with van der Waals surface area (Å²) in [7, 11) is 0. The topological polar surface area (TPSA) is 126 Å². The van der Waals surface area contributed by atoms with Gasteiger partial charge >= 0.3 is 0 Å². The third-order valence-electron chi connectivity index (χ3n) is 5.24. The number of nitrogens with one attached hydrogen (secondary N) is 1. The molecule has 0 unspecified atom stereocenters. The standard InChI is InChI=1S/C20H25N5O4/c1-2-6-13(12-7-4-3-5-8-12)24-18-15-19(22-10-21-18)25(11-23-15)20-17(28)16(27)14(9-26)29-20/h3-5,7-8,10-11,13-14,16-17,20,26-28H,2,6,9H2,1H3,(H,21,22,24)/t13-,14-,16-,17-,20-/m1/s1. The molecule has 9 nitrogen and oxygen atoms in total. The van der Waals surface area contributed by atoms with E-state index in [2.05, 4.69) is 39.3 Å². The van der Waals surface area contributed by atoms with E-state index in [1.54, 1.807) is 4.57 Å². The third kappa shape index (κ3) is 3.69. The normalized spacial score (nSPS) is 25.4. The Bertz CT molecular complexity index is 950. The van der Waals surface area contributed by atoms with Crippen molar-refractivity contribution in [1.29, 1.82) is 0 Å². The number of hydrogen-bond donors (Lipinski definition) is 4. The molecule has 1 fully saturated rings. The largest absolute Gasteiger partial charge is 0.394 e. The molecule has 3 aromatic rings. The molecular weight excluding hydrogens is 374 g/mol. The van der Waals surface area contributed by atoms with Crippen LogP contribution in [0.15, 0.2) is 43.0 Å². The van der Waals surface area contributed by atoms with E-state index in [0.29, 0.717) is 17.0 Å². The quantitative estimate of drug-likeness (QED) is 0.470. The number of ether oxygens (including phenoxy) is 1. The molecule has 4 rings (SSSR count). The lowest BCUT2D eigenvalue weighted by Gasteiger charge is -2.20. The number of imidazole rings is 1. The maximum Gasteiger partial charge on any atom is 0.167 e. The fourth-order valence-corrected chi connectivity index (χ4v) is 3.71. The molecule has 1 saturated heterocycles. The molecule has 0 amide bonds. The fraction of sp³-hybridized carbons (Fsp3) is 0.450. The van der Waals surface area contributed by atoms with Crippen molar-refractivity contribution in [2.24, 2.45) is 0 Å². The Balaban J connectivity index is 1.66. The molecular formula is C20H25N5O4. The van der Waals surface area contributed by atoms with Gasteiger partial charge in [0.05, 0.1) is 19.0 Å². The molecule has 9 heteroatoms. The number of rotatable bonds is 7. The Morgan fingerprint density at radius 3 is 2.62 bits per heavy atom. The minimum absolute atomic E-state index is 0.0679. The second kappa shape index (κ2) is 8.42. The number of hydrogen-bond acceptors (Lipinski definition) is 8. The maximum atomic E-state index is 10.3. The predicted octanol–water partition coefficient (Wildman–Crippen LogP) is 1.39. The van der Waals surface area contributed by atoms with E-state index >= 15 is 0 Å². The van der Waals surface area contributed by atoms with Crippen molar-refractivity contribution >= 4 is 17.0 Å². The van der Waals surface area contributed by atoms with E-state index in [1.807, 2.05) is 18.2 Å². The SMILES string of the molecule is CCC[C@@H](Nc1ncnc2c1ncn2[C@@H]1O[C@H](CO)[C@@H](O)[C@H]1O)c1ccccc1. The maximum absolute atomic E-state index is 10.3. The summed E-state index contributed by atoms with van der Waals surface area (Å²) in [6.45, 7) is 1.74. The summed E-state index contributed by atoms with van der Waals surface area (Å²) in [5, 5.41) is 33.2. The number of aliphatic hydroxyl groups excluding tert-OH is 3. The van der Waals surface area contributed by atoms with Gasteiger partial charge in [0.15, 0.2) is 23.2 Å². The Morgan fingerprint density at radius 2 is 1.93 bits per heavy atom. The van der Waals surface area contributed by atoms with Crippen molar-refractivity contribution in [3.63, 3.8) is 0 Å². The first-order valence-corrected chi connectivity index (χ1v) is 9.75. The summed E-state index contributed by atoms with van der Waals surface area (Å²) in [6, 6.07) is 10.2. The molecule has 0 aliphatic carbocycles. The van der Waals surface area contributed by atoms with Crippen LogP contribution >= 0.6 is 0 Å². The van der Waals surface area contributed by atoms with Gasteiger partial charge in [-0.3, -0.25) is 4.57 Å². The van der Waals surface area contributed by atoms with Crippen molar-refractivity contribution < 1.29 is 20.1 Å². The van der Waals surface area contributed by atoms with Crippen molar-refractivity contribution in [3.8, 4) is 0 Å². The van der Waals surface area contributed by atoms with Crippen LogP contribution in [0.5, 0.6) is 0 Å². The smallest absolute Gasteiger partial charge is 0.167 e. The number of nitrogens with zero attached hydrogens (tertiary/aromatic N) is 4. The van der Waals surface area contributed by atoms with E-state index < -0.39 is 24.5 Å². The molecule has 29 heavy (non-hydrogen) atoms. The lowest BCUT2D eigenvalue weighted by atomic mass is 10.0. The van der Waals surface area contributed by atoms with Gasteiger partial charge in [0.25, 0.3) is 0 Å². The number of fused-ring (bicyclic) bond motifs is 1. The van der Waals surface area contributed by atoms with Gasteiger partial charge in [0.1, 0.15) is 24.6 Å². The highest BCUT2D eigenvalue weighted by Crippen LogP contribution is 2.33. The fourth-order valence-electron chi connectivity index (χ4n) is 3.71. The van der Waals surface area contributed by atoms with Gasteiger partial charge in [-0.05, 0) is 12.0 Å². The minimum Gasteiger partial charge on any atom is -0.394 e. The Hall–Kier alpha value is -2.59. The van der Waals surface area contributed by atoms with E-state index in [0.717, 1.165) is 18.4 Å². The Labute approximate surface area is 168 Å². The molecule has 1 aliphatic rings. The molecule has 0 radical (unpaired) electrons. The summed E-state index contributed by atoms with van der Waals surface area (Å²) in [5.41, 5.74) is 2.17. The molecule has 0 saturated carbocycles. The van der Waals surface area contributed by atoms with Gasteiger partial charge in [-0.15, -0.1) is 0 Å². The zero-order chi connectivity index (χ0) is 20.4. The predicted molar refractivity (Wildman–Crippen MR) is 106 cm³/mol. The van der Waals surface area contributed by atoms with Gasteiger partial charge in [-0.25, -0.2) is 15.0 Å². The van der Waals surface area contributed by atoms with Crippen LogP contribution in [-0.4, -0.2) is 59.8 Å². The monoisotopic (exact) mass is 399 g/mol. The third-order valence-corrected chi connectivity index (χ3v) is 5.24. The molecule has 0 spiro atoms. The molecule has 3 heterocycles. The molecule has 154 valence electrons. The molecule has 1 aromatic carbocycles. The summed E-state index contributed by atoms with van der Waals surface area (Å²) < 4.78 is 7.17. The first kappa shape index (κ1) is 19.7. The molecule has 2 aromatic heterocycles. The molecule has 5 atom stereocenters. The second-order valence-electron chi connectivity index (χ2n) is 7.17. The molecule has 0 bridgehead atoms. The number of benzene rings is 1. The van der Waals surface area contributed by atoms with Crippen LogP contribution in [0.25, 0.3) is 11.2 Å². The van der Waals surface area contributed by atoms with Crippen LogP contribution in [-0.2, 0) is 4.74 Å². The van der Waals surface area contributed by atoms with Crippen LogP contribution < -0.4 is 5.32 Å². The lowest BCUT2D eigenvalue weighted by molar-refractivity contribution is -0.0511. The summed E-state index contributed by atoms with van der Waals surface area (Å²) in [4.78, 5) is 13.1. The van der Waals surface area contributed by atoms with Crippen molar-refractivity contribution in [2.45, 2.75) is 50.3 Å². The van der Waals surface area contributed by atoms with E-state index in [9.17, 15) is 15.3 Å². The Morgan fingerprint density at radius 1 is 1.14 bits per heavy atom. The van der Waals surface area contributed by atoms with Crippen LogP contribution in [0.1, 0.15) is 37.6 Å². The average Bonchev–Trinajstić information content (AvgIpc) is 3.30. The highest BCUT2D eigenvalue weighted by Gasteiger charge is 2.44. The first-order chi connectivity index (χ1) is 14.1. The number of aliphatic hydroxyl groups is 3. The van der Waals surface area contributed by atoms with Crippen LogP contribution in [0.2, 0.25) is 0 Å². The van der Waals surface area contributed by atoms with Crippen LogP contribution in [0.4, 0.5) is 5.82 Å². The zero-order valence-corrected chi connectivity index (χ0v) is 16.1. The van der Waals surface area contributed by atoms with Gasteiger partial charge in [-0.1, -0.05) is 43.7 Å². The van der Waals surface area contributed by atoms with Crippen molar-refractivity contribution in [2.75, 3.05) is 11.9 Å². The minimum atomic E-state index is -1.20. The first-order valence-electron chi connectivity index (χ1n) is 9.75. The lowest BCUT2D eigenvalue weighted by Crippen LogP contribution is -2.33. The average molecular weight is 399 g/mol. The van der Waals surface area contributed by atoms with Gasteiger partial charge in [-0.2, -0.15) is 0 Å². The highest BCUT2D eigenvalue weighted by molar-refractivity contribution is 5.83. The summed E-state index contributed by atoms with van der Waals surface area (Å²) in [6.07, 6.45) is 0.708. The van der Waals surface area contributed by atoms with Crippen molar-refractivity contribution in [3.05, 3.63) is 48.5 Å². The summed E-state index contributed by atoms with van der Waals surface area (Å²) >= 11 is 0.